The lowest BCUT2D eigenvalue weighted by Crippen LogP contribution is -1.87. The number of hydrogen-bond donors (Lipinski definition) is 0. The van der Waals surface area contributed by atoms with Crippen molar-refractivity contribution in [2.75, 3.05) is 0 Å². The molecule has 0 fully saturated rings. The first-order valence-electron chi connectivity index (χ1n) is 5.05. The van der Waals surface area contributed by atoms with Crippen LogP contribution in [0.1, 0.15) is 5.56 Å². The van der Waals surface area contributed by atoms with Crippen LogP contribution in [0.2, 0.25) is 0 Å². The SMILES string of the molecule is Cc1cccc2cc3cncc(Br)c3nc12. The minimum atomic E-state index is 0.940. The normalized spacial score (nSPS) is 11.1. The van der Waals surface area contributed by atoms with Gasteiger partial charge in [-0.15, -0.1) is 0 Å². The Hall–Kier alpha value is -1.48. The third kappa shape index (κ3) is 1.39. The van der Waals surface area contributed by atoms with Crippen LogP contribution in [-0.2, 0) is 0 Å². The highest BCUT2D eigenvalue weighted by Crippen LogP contribution is 2.25. The van der Waals surface area contributed by atoms with Crippen LogP contribution >= 0.6 is 15.9 Å². The Morgan fingerprint density at radius 2 is 1.94 bits per heavy atom. The maximum Gasteiger partial charge on any atom is 0.0882 e. The van der Waals surface area contributed by atoms with Crippen molar-refractivity contribution in [2.24, 2.45) is 0 Å². The fourth-order valence-corrected chi connectivity index (χ4v) is 2.33. The number of nitrogens with zero attached hydrogens (tertiary/aromatic N) is 2. The summed E-state index contributed by atoms with van der Waals surface area (Å²) in [4.78, 5) is 8.84. The van der Waals surface area contributed by atoms with Gasteiger partial charge in [-0.2, -0.15) is 0 Å². The molecule has 0 atom stereocenters. The maximum absolute atomic E-state index is 4.69. The first-order valence-corrected chi connectivity index (χ1v) is 5.84. The quantitative estimate of drug-likeness (QED) is 0.581. The molecule has 2 heterocycles. The molecule has 0 saturated heterocycles. The van der Waals surface area contributed by atoms with E-state index in [1.807, 2.05) is 6.20 Å². The lowest BCUT2D eigenvalue weighted by atomic mass is 10.1. The van der Waals surface area contributed by atoms with Gasteiger partial charge >= 0.3 is 0 Å². The standard InChI is InChI=1S/C13H9BrN2/c1-8-3-2-4-9-5-10-6-15-7-11(14)13(10)16-12(8)9/h2-7H,1H3. The molecule has 2 nitrogen and oxygen atoms in total. The molecule has 0 aliphatic heterocycles. The number of para-hydroxylation sites is 1. The van der Waals surface area contributed by atoms with Crippen LogP contribution in [0.3, 0.4) is 0 Å². The Bertz CT molecular complexity index is 635. The third-order valence-corrected chi connectivity index (χ3v) is 3.29. The van der Waals surface area contributed by atoms with Crippen molar-refractivity contribution in [3.8, 4) is 0 Å². The summed E-state index contributed by atoms with van der Waals surface area (Å²) in [6.07, 6.45) is 3.62. The van der Waals surface area contributed by atoms with Gasteiger partial charge in [0, 0.05) is 23.2 Å². The molecule has 0 bridgehead atoms. The average Bonchev–Trinajstić information content (AvgIpc) is 2.28. The van der Waals surface area contributed by atoms with E-state index >= 15 is 0 Å². The number of aryl methyl sites for hydroxylation is 1. The van der Waals surface area contributed by atoms with Crippen molar-refractivity contribution >= 4 is 37.7 Å². The first kappa shape index (κ1) is 9.73. The molecule has 0 unspecified atom stereocenters. The van der Waals surface area contributed by atoms with Gasteiger partial charge in [0.15, 0.2) is 0 Å². The van der Waals surface area contributed by atoms with Crippen molar-refractivity contribution in [2.45, 2.75) is 6.92 Å². The molecule has 1 aromatic carbocycles. The monoisotopic (exact) mass is 272 g/mol. The number of halogens is 1. The van der Waals surface area contributed by atoms with E-state index in [-0.39, 0.29) is 0 Å². The lowest BCUT2D eigenvalue weighted by Gasteiger charge is -2.04. The molecule has 0 aliphatic carbocycles. The summed E-state index contributed by atoms with van der Waals surface area (Å²) in [5.41, 5.74) is 3.22. The molecule has 2 aromatic heterocycles. The van der Waals surface area contributed by atoms with Crippen LogP contribution in [0.5, 0.6) is 0 Å². The Labute approximate surface area is 101 Å². The summed E-state index contributed by atoms with van der Waals surface area (Å²) in [6.45, 7) is 2.08. The molecule has 16 heavy (non-hydrogen) atoms. The molecule has 0 N–H and O–H groups in total. The summed E-state index contributed by atoms with van der Waals surface area (Å²) in [5.74, 6) is 0. The highest BCUT2D eigenvalue weighted by molar-refractivity contribution is 9.10. The van der Waals surface area contributed by atoms with Crippen molar-refractivity contribution < 1.29 is 0 Å². The second-order valence-corrected chi connectivity index (χ2v) is 4.68. The van der Waals surface area contributed by atoms with E-state index in [1.54, 1.807) is 6.20 Å². The molecular weight excluding hydrogens is 264 g/mol. The molecule has 3 aromatic rings. The summed E-state index contributed by atoms with van der Waals surface area (Å²) in [5, 5.41) is 2.22. The van der Waals surface area contributed by atoms with Crippen molar-refractivity contribution in [1.82, 2.24) is 9.97 Å². The number of benzene rings is 1. The molecule has 3 rings (SSSR count). The summed E-state index contributed by atoms with van der Waals surface area (Å²) < 4.78 is 0.940. The molecule has 0 aliphatic rings. The van der Waals surface area contributed by atoms with Gasteiger partial charge in [0.25, 0.3) is 0 Å². The van der Waals surface area contributed by atoms with E-state index in [4.69, 9.17) is 0 Å². The highest BCUT2D eigenvalue weighted by atomic mass is 79.9. The van der Waals surface area contributed by atoms with Gasteiger partial charge in [-0.05, 0) is 34.5 Å². The summed E-state index contributed by atoms with van der Waals surface area (Å²) in [7, 11) is 0. The molecule has 0 radical (unpaired) electrons. The average molecular weight is 273 g/mol. The van der Waals surface area contributed by atoms with E-state index in [0.29, 0.717) is 0 Å². The molecule has 0 saturated carbocycles. The van der Waals surface area contributed by atoms with Gasteiger partial charge in [0.05, 0.1) is 15.5 Å². The van der Waals surface area contributed by atoms with Crippen LogP contribution in [0, 0.1) is 6.92 Å². The highest BCUT2D eigenvalue weighted by Gasteiger charge is 2.04. The van der Waals surface area contributed by atoms with E-state index in [2.05, 4.69) is 57.1 Å². The summed E-state index contributed by atoms with van der Waals surface area (Å²) in [6, 6.07) is 8.34. The Morgan fingerprint density at radius 3 is 2.81 bits per heavy atom. The van der Waals surface area contributed by atoms with E-state index in [0.717, 1.165) is 26.3 Å². The zero-order valence-electron chi connectivity index (χ0n) is 8.74. The Kier molecular flexibility index (Phi) is 2.14. The van der Waals surface area contributed by atoms with E-state index in [1.165, 1.54) is 5.56 Å². The van der Waals surface area contributed by atoms with Crippen molar-refractivity contribution in [3.05, 3.63) is 46.7 Å². The predicted molar refractivity (Wildman–Crippen MR) is 69.5 cm³/mol. The topological polar surface area (TPSA) is 25.8 Å². The Balaban J connectivity index is 2.55. The van der Waals surface area contributed by atoms with Crippen molar-refractivity contribution in [3.63, 3.8) is 0 Å². The number of fused-ring (bicyclic) bond motifs is 2. The molecule has 0 spiro atoms. The van der Waals surface area contributed by atoms with E-state index in [9.17, 15) is 0 Å². The lowest BCUT2D eigenvalue weighted by molar-refractivity contribution is 1.32. The maximum atomic E-state index is 4.69. The molecule has 78 valence electrons. The number of hydrogen-bond acceptors (Lipinski definition) is 2. The molecule has 3 heteroatoms. The molecule has 0 amide bonds. The summed E-state index contributed by atoms with van der Waals surface area (Å²) >= 11 is 3.48. The third-order valence-electron chi connectivity index (χ3n) is 2.70. The van der Waals surface area contributed by atoms with Crippen LogP contribution in [0.4, 0.5) is 0 Å². The molecular formula is C13H9BrN2. The number of pyridine rings is 2. The minimum Gasteiger partial charge on any atom is -0.263 e. The van der Waals surface area contributed by atoms with Gasteiger partial charge in [-0.25, -0.2) is 4.98 Å². The smallest absolute Gasteiger partial charge is 0.0882 e. The van der Waals surface area contributed by atoms with Gasteiger partial charge < -0.3 is 0 Å². The fraction of sp³-hybridized carbons (Fsp3) is 0.0769. The first-order chi connectivity index (χ1) is 7.75. The van der Waals surface area contributed by atoms with Gasteiger partial charge in [0.1, 0.15) is 0 Å². The minimum absolute atomic E-state index is 0.940. The fourth-order valence-electron chi connectivity index (χ4n) is 1.90. The van der Waals surface area contributed by atoms with Gasteiger partial charge in [0.2, 0.25) is 0 Å². The largest absolute Gasteiger partial charge is 0.263 e. The second kappa shape index (κ2) is 3.52. The zero-order valence-corrected chi connectivity index (χ0v) is 10.3. The van der Waals surface area contributed by atoms with Crippen LogP contribution in [-0.4, -0.2) is 9.97 Å². The van der Waals surface area contributed by atoms with Crippen molar-refractivity contribution in [1.29, 1.82) is 0 Å². The second-order valence-electron chi connectivity index (χ2n) is 3.83. The van der Waals surface area contributed by atoms with Gasteiger partial charge in [-0.3, -0.25) is 4.98 Å². The van der Waals surface area contributed by atoms with Crippen LogP contribution in [0.15, 0.2) is 41.1 Å². The predicted octanol–water partition coefficient (Wildman–Crippen LogP) is 3.85. The van der Waals surface area contributed by atoms with E-state index < -0.39 is 0 Å². The number of aromatic nitrogens is 2. The number of rotatable bonds is 0. The Morgan fingerprint density at radius 1 is 1.06 bits per heavy atom. The zero-order chi connectivity index (χ0) is 11.1. The van der Waals surface area contributed by atoms with Gasteiger partial charge in [-0.1, -0.05) is 18.2 Å². The van der Waals surface area contributed by atoms with Crippen LogP contribution in [0.25, 0.3) is 21.8 Å². The van der Waals surface area contributed by atoms with Crippen LogP contribution < -0.4 is 0 Å².